The van der Waals surface area contributed by atoms with Crippen LogP contribution in [0.5, 0.6) is 0 Å². The molecule has 1 aromatic rings. The number of hydrogen-bond donors (Lipinski definition) is 0. The normalized spacial score (nSPS) is 9.08. The van der Waals surface area contributed by atoms with Crippen molar-refractivity contribution >= 4 is 34.9 Å². The summed E-state index contributed by atoms with van der Waals surface area (Å²) in [7, 11) is 0. The van der Waals surface area contributed by atoms with E-state index in [0.717, 1.165) is 11.5 Å². The van der Waals surface area contributed by atoms with E-state index in [-0.39, 0.29) is 0 Å². The van der Waals surface area contributed by atoms with Crippen LogP contribution >= 0.6 is 34.9 Å². The molecular weight excluding hydrogens is 220 g/mol. The Bertz CT molecular complexity index is 313. The Morgan fingerprint density at radius 3 is 1.92 bits per heavy atom. The molecule has 66 valence electrons. The van der Waals surface area contributed by atoms with Crippen LogP contribution in [-0.2, 0) is 11.5 Å². The topological polar surface area (TPSA) is 47.6 Å². The number of nitrogens with zero attached hydrogens (tertiary/aromatic N) is 2. The Kier molecular flexibility index (Phi) is 4.77. The Balaban J connectivity index is 2.45. The minimum atomic E-state index is 0.748. The second-order valence-corrected chi connectivity index (χ2v) is 4.90. The van der Waals surface area contributed by atoms with Gasteiger partial charge in [0, 0.05) is 21.3 Å². The van der Waals surface area contributed by atoms with Crippen molar-refractivity contribution in [1.82, 2.24) is 0 Å². The fourth-order valence-corrected chi connectivity index (χ4v) is 2.82. The van der Waals surface area contributed by atoms with Gasteiger partial charge in [0.25, 0.3) is 0 Å². The zero-order valence-corrected chi connectivity index (χ0v) is 9.14. The monoisotopic (exact) mass is 226 g/mol. The molecular formula is C8H6N2S3. The highest BCUT2D eigenvalue weighted by Crippen LogP contribution is 2.24. The maximum Gasteiger partial charge on any atom is 0.133 e. The number of hydrogen-bond acceptors (Lipinski definition) is 5. The first-order valence-corrected chi connectivity index (χ1v) is 6.25. The van der Waals surface area contributed by atoms with Gasteiger partial charge in [0.2, 0.25) is 0 Å². The third kappa shape index (κ3) is 3.73. The molecule has 0 aliphatic carbocycles. The summed E-state index contributed by atoms with van der Waals surface area (Å²) >= 11 is 4.15. The molecule has 0 spiro atoms. The standard InChI is InChI=1S/C8H6N2S3/c9-5-11-3-7-1-2-8(13-7)4-12-6-10/h1-2H,3-4H2. The maximum absolute atomic E-state index is 8.35. The lowest BCUT2D eigenvalue weighted by molar-refractivity contribution is 1.52. The molecule has 0 fully saturated rings. The highest BCUT2D eigenvalue weighted by atomic mass is 32.2. The van der Waals surface area contributed by atoms with Crippen molar-refractivity contribution in [2.24, 2.45) is 0 Å². The maximum atomic E-state index is 8.35. The minimum absolute atomic E-state index is 0.748. The molecule has 1 heterocycles. The summed E-state index contributed by atoms with van der Waals surface area (Å²) in [6.45, 7) is 0. The van der Waals surface area contributed by atoms with E-state index in [1.807, 2.05) is 22.9 Å². The third-order valence-electron chi connectivity index (χ3n) is 1.28. The molecule has 0 radical (unpaired) electrons. The SMILES string of the molecule is N#CSCc1ccc(CSC#N)s1. The molecule has 0 aliphatic rings. The van der Waals surface area contributed by atoms with E-state index in [9.17, 15) is 0 Å². The van der Waals surface area contributed by atoms with Gasteiger partial charge in [-0.25, -0.2) is 0 Å². The molecule has 0 unspecified atom stereocenters. The van der Waals surface area contributed by atoms with Crippen LogP contribution < -0.4 is 0 Å². The lowest BCUT2D eigenvalue weighted by atomic mass is 10.5. The highest BCUT2D eigenvalue weighted by molar-refractivity contribution is 8.03. The van der Waals surface area contributed by atoms with E-state index >= 15 is 0 Å². The molecule has 0 atom stereocenters. The molecule has 0 N–H and O–H groups in total. The molecule has 0 saturated carbocycles. The van der Waals surface area contributed by atoms with Crippen LogP contribution in [0.25, 0.3) is 0 Å². The molecule has 5 heteroatoms. The first kappa shape index (κ1) is 10.5. The van der Waals surface area contributed by atoms with Gasteiger partial charge in [-0.1, -0.05) is 0 Å². The van der Waals surface area contributed by atoms with Crippen molar-refractivity contribution in [3.05, 3.63) is 21.9 Å². The quantitative estimate of drug-likeness (QED) is 0.740. The van der Waals surface area contributed by atoms with Crippen molar-refractivity contribution in [1.29, 1.82) is 10.5 Å². The van der Waals surface area contributed by atoms with E-state index in [0.29, 0.717) is 0 Å². The van der Waals surface area contributed by atoms with Gasteiger partial charge in [-0.05, 0) is 35.7 Å². The van der Waals surface area contributed by atoms with Crippen LogP contribution in [0.15, 0.2) is 12.1 Å². The van der Waals surface area contributed by atoms with Crippen molar-refractivity contribution in [2.45, 2.75) is 11.5 Å². The number of thiophene rings is 1. The predicted octanol–water partition coefficient (Wildman–Crippen LogP) is 3.18. The van der Waals surface area contributed by atoms with Gasteiger partial charge in [0.05, 0.1) is 0 Å². The summed E-state index contributed by atoms with van der Waals surface area (Å²) in [5.74, 6) is 1.50. The summed E-state index contributed by atoms with van der Waals surface area (Å²) in [5.41, 5.74) is 0. The van der Waals surface area contributed by atoms with Crippen LogP contribution in [0.2, 0.25) is 0 Å². The van der Waals surface area contributed by atoms with Crippen LogP contribution in [0.3, 0.4) is 0 Å². The Hall–Kier alpha value is -0.620. The average Bonchev–Trinajstić information content (AvgIpc) is 2.59. The van der Waals surface area contributed by atoms with Gasteiger partial charge in [-0.3, -0.25) is 0 Å². The van der Waals surface area contributed by atoms with Gasteiger partial charge in [-0.15, -0.1) is 11.3 Å². The highest BCUT2D eigenvalue weighted by Gasteiger charge is 1.99. The molecule has 0 aliphatic heterocycles. The lowest BCUT2D eigenvalue weighted by Gasteiger charge is -1.88. The molecule has 1 aromatic heterocycles. The lowest BCUT2D eigenvalue weighted by Crippen LogP contribution is -1.68. The van der Waals surface area contributed by atoms with Gasteiger partial charge >= 0.3 is 0 Å². The largest absolute Gasteiger partial charge is 0.185 e. The predicted molar refractivity (Wildman–Crippen MR) is 58.1 cm³/mol. The van der Waals surface area contributed by atoms with Crippen molar-refractivity contribution in [2.75, 3.05) is 0 Å². The van der Waals surface area contributed by atoms with Crippen LogP contribution in [0.1, 0.15) is 9.75 Å². The third-order valence-corrected chi connectivity index (χ3v) is 3.89. The molecule has 0 bridgehead atoms. The Labute approximate surface area is 89.6 Å². The Morgan fingerprint density at radius 2 is 1.54 bits per heavy atom. The van der Waals surface area contributed by atoms with E-state index in [2.05, 4.69) is 0 Å². The zero-order valence-electron chi connectivity index (χ0n) is 6.69. The van der Waals surface area contributed by atoms with E-state index in [1.165, 1.54) is 33.3 Å². The molecule has 0 saturated heterocycles. The number of thiocyanates is 2. The molecule has 0 aromatic carbocycles. The second-order valence-electron chi connectivity index (χ2n) is 2.13. The summed E-state index contributed by atoms with van der Waals surface area (Å²) < 4.78 is 0. The Morgan fingerprint density at radius 1 is 1.08 bits per heavy atom. The number of rotatable bonds is 4. The number of thioether (sulfide) groups is 2. The first-order valence-electron chi connectivity index (χ1n) is 3.46. The summed E-state index contributed by atoms with van der Waals surface area (Å²) in [5, 5.41) is 20.8. The molecule has 2 nitrogen and oxygen atoms in total. The van der Waals surface area contributed by atoms with E-state index in [4.69, 9.17) is 10.5 Å². The smallest absolute Gasteiger partial charge is 0.133 e. The van der Waals surface area contributed by atoms with Crippen LogP contribution in [-0.4, -0.2) is 0 Å². The summed E-state index contributed by atoms with van der Waals surface area (Å²) in [6.07, 6.45) is 0. The van der Waals surface area contributed by atoms with Crippen LogP contribution in [0, 0.1) is 21.3 Å². The molecule has 1 rings (SSSR count). The summed E-state index contributed by atoms with van der Waals surface area (Å²) in [6, 6.07) is 4.03. The molecule has 13 heavy (non-hydrogen) atoms. The van der Waals surface area contributed by atoms with E-state index in [1.54, 1.807) is 11.3 Å². The fraction of sp³-hybridized carbons (Fsp3) is 0.250. The van der Waals surface area contributed by atoms with Gasteiger partial charge in [-0.2, -0.15) is 10.5 Å². The van der Waals surface area contributed by atoms with Crippen molar-refractivity contribution < 1.29 is 0 Å². The number of nitriles is 2. The zero-order chi connectivity index (χ0) is 9.52. The van der Waals surface area contributed by atoms with E-state index < -0.39 is 0 Å². The van der Waals surface area contributed by atoms with Crippen molar-refractivity contribution in [3.8, 4) is 10.8 Å². The molecule has 0 amide bonds. The van der Waals surface area contributed by atoms with Gasteiger partial charge in [0.15, 0.2) is 0 Å². The average molecular weight is 226 g/mol. The first-order chi connectivity index (χ1) is 6.36. The van der Waals surface area contributed by atoms with Gasteiger partial charge < -0.3 is 0 Å². The fourth-order valence-electron chi connectivity index (χ4n) is 0.784. The van der Waals surface area contributed by atoms with Crippen molar-refractivity contribution in [3.63, 3.8) is 0 Å². The van der Waals surface area contributed by atoms with Crippen LogP contribution in [0.4, 0.5) is 0 Å². The van der Waals surface area contributed by atoms with Gasteiger partial charge in [0.1, 0.15) is 10.8 Å². The summed E-state index contributed by atoms with van der Waals surface area (Å²) in [4.78, 5) is 2.39. The minimum Gasteiger partial charge on any atom is -0.185 e. The second kappa shape index (κ2) is 5.93.